The number of hydrogen-bond donors (Lipinski definition) is 2. The number of H-pyrrole nitrogens is 1. The second-order valence-electron chi connectivity index (χ2n) is 7.37. The summed E-state index contributed by atoms with van der Waals surface area (Å²) in [5.74, 6) is 0. The number of carbonyl (C=O) groups excluding carboxylic acids is 1. The molecule has 146 valence electrons. The third-order valence-corrected chi connectivity index (χ3v) is 5.51. The topological polar surface area (TPSA) is 57.4 Å². The monoisotopic (exact) mass is 377 g/mol. The van der Waals surface area contributed by atoms with Crippen molar-refractivity contribution in [3.05, 3.63) is 71.4 Å². The van der Waals surface area contributed by atoms with Crippen LogP contribution >= 0.6 is 0 Å². The van der Waals surface area contributed by atoms with Gasteiger partial charge in [0.15, 0.2) is 0 Å². The van der Waals surface area contributed by atoms with Crippen LogP contribution in [0.4, 0.5) is 4.79 Å². The normalized spacial score (nSPS) is 17.9. The van der Waals surface area contributed by atoms with E-state index in [1.807, 2.05) is 13.0 Å². The number of rotatable bonds is 5. The van der Waals surface area contributed by atoms with Gasteiger partial charge in [0.05, 0.1) is 18.7 Å². The molecular formula is C23H27N3O2. The number of aromatic nitrogens is 1. The standard InChI is InChI=1S/C23H27N3O2/c1-3-28-23(27)24-16(2)22-21-19(18-11-7-8-12-20(18)25-21)13-14-26(22)15-17-9-5-4-6-10-17/h4-12,16,22,25H,3,13-15H2,1-2H3,(H,24,27). The second-order valence-corrected chi connectivity index (χ2v) is 7.37. The van der Waals surface area contributed by atoms with E-state index in [0.717, 1.165) is 25.0 Å². The first-order chi connectivity index (χ1) is 13.7. The van der Waals surface area contributed by atoms with Crippen LogP contribution in [-0.2, 0) is 17.7 Å². The van der Waals surface area contributed by atoms with E-state index in [9.17, 15) is 4.79 Å². The number of nitrogens with one attached hydrogen (secondary N) is 2. The number of alkyl carbamates (subject to hydrolysis) is 1. The summed E-state index contributed by atoms with van der Waals surface area (Å²) in [5.41, 5.74) is 4.99. The Kier molecular flexibility index (Phi) is 5.35. The van der Waals surface area contributed by atoms with Gasteiger partial charge in [0.1, 0.15) is 0 Å². The van der Waals surface area contributed by atoms with Crippen molar-refractivity contribution in [2.45, 2.75) is 38.9 Å². The van der Waals surface area contributed by atoms with E-state index in [1.165, 1.54) is 22.2 Å². The molecular weight excluding hydrogens is 350 g/mol. The quantitative estimate of drug-likeness (QED) is 0.693. The SMILES string of the molecule is CCOC(=O)NC(C)C1c2[nH]c3ccccc3c2CCN1Cc1ccccc1. The van der Waals surface area contributed by atoms with Gasteiger partial charge in [0.2, 0.25) is 0 Å². The van der Waals surface area contributed by atoms with Crippen LogP contribution in [0.5, 0.6) is 0 Å². The molecule has 0 fully saturated rings. The predicted molar refractivity (Wildman–Crippen MR) is 111 cm³/mol. The minimum absolute atomic E-state index is 0.0563. The fourth-order valence-electron chi connectivity index (χ4n) is 4.32. The van der Waals surface area contributed by atoms with Crippen LogP contribution in [0.25, 0.3) is 10.9 Å². The lowest BCUT2D eigenvalue weighted by molar-refractivity contribution is 0.118. The summed E-state index contributed by atoms with van der Waals surface area (Å²) in [4.78, 5) is 18.2. The smallest absolute Gasteiger partial charge is 0.407 e. The molecule has 2 atom stereocenters. The highest BCUT2D eigenvalue weighted by molar-refractivity contribution is 5.85. The van der Waals surface area contributed by atoms with E-state index in [0.29, 0.717) is 6.61 Å². The molecule has 0 radical (unpaired) electrons. The average molecular weight is 377 g/mol. The zero-order valence-electron chi connectivity index (χ0n) is 16.4. The van der Waals surface area contributed by atoms with E-state index in [-0.39, 0.29) is 18.2 Å². The first-order valence-corrected chi connectivity index (χ1v) is 9.98. The third kappa shape index (κ3) is 3.62. The molecule has 5 nitrogen and oxygen atoms in total. The minimum Gasteiger partial charge on any atom is -0.450 e. The van der Waals surface area contributed by atoms with Gasteiger partial charge < -0.3 is 15.0 Å². The fourth-order valence-corrected chi connectivity index (χ4v) is 4.32. The lowest BCUT2D eigenvalue weighted by Gasteiger charge is -2.39. The van der Waals surface area contributed by atoms with Crippen molar-refractivity contribution in [2.75, 3.05) is 13.2 Å². The summed E-state index contributed by atoms with van der Waals surface area (Å²) in [6.07, 6.45) is 0.632. The van der Waals surface area contributed by atoms with Crippen LogP contribution in [0, 0.1) is 0 Å². The number of hydrogen-bond acceptors (Lipinski definition) is 3. The van der Waals surface area contributed by atoms with E-state index >= 15 is 0 Å². The summed E-state index contributed by atoms with van der Waals surface area (Å²) < 4.78 is 5.13. The Bertz CT molecular complexity index is 951. The summed E-state index contributed by atoms with van der Waals surface area (Å²) in [6, 6.07) is 18.9. The van der Waals surface area contributed by atoms with E-state index < -0.39 is 0 Å². The zero-order chi connectivity index (χ0) is 19.5. The van der Waals surface area contributed by atoms with Crippen molar-refractivity contribution >= 4 is 17.0 Å². The van der Waals surface area contributed by atoms with E-state index in [2.05, 4.69) is 70.7 Å². The van der Waals surface area contributed by atoms with Crippen molar-refractivity contribution in [1.82, 2.24) is 15.2 Å². The summed E-state index contributed by atoms with van der Waals surface area (Å²) in [7, 11) is 0. The molecule has 1 aliphatic rings. The largest absolute Gasteiger partial charge is 0.450 e. The number of amides is 1. The minimum atomic E-state index is -0.363. The van der Waals surface area contributed by atoms with Crippen molar-refractivity contribution in [1.29, 1.82) is 0 Å². The number of ether oxygens (including phenoxy) is 1. The molecule has 5 heteroatoms. The Morgan fingerprint density at radius 2 is 1.96 bits per heavy atom. The van der Waals surface area contributed by atoms with Crippen LogP contribution in [-0.4, -0.2) is 35.2 Å². The van der Waals surface area contributed by atoms with E-state index in [1.54, 1.807) is 0 Å². The number of benzene rings is 2. The Morgan fingerprint density at radius 3 is 2.75 bits per heavy atom. The summed E-state index contributed by atoms with van der Waals surface area (Å²) in [5, 5.41) is 4.31. The highest BCUT2D eigenvalue weighted by atomic mass is 16.5. The lowest BCUT2D eigenvalue weighted by Crippen LogP contribution is -2.47. The zero-order valence-corrected chi connectivity index (χ0v) is 16.4. The maximum atomic E-state index is 12.1. The molecule has 2 N–H and O–H groups in total. The first kappa shape index (κ1) is 18.6. The fraction of sp³-hybridized carbons (Fsp3) is 0.348. The third-order valence-electron chi connectivity index (χ3n) is 5.51. The molecule has 2 heterocycles. The van der Waals surface area contributed by atoms with Gasteiger partial charge in [0, 0.05) is 29.7 Å². The molecule has 0 saturated heterocycles. The summed E-state index contributed by atoms with van der Waals surface area (Å²) in [6.45, 7) is 6.04. The predicted octanol–water partition coefficient (Wildman–Crippen LogP) is 4.40. The van der Waals surface area contributed by atoms with Crippen LogP contribution in [0.1, 0.15) is 36.7 Å². The van der Waals surface area contributed by atoms with Gasteiger partial charge in [-0.05, 0) is 37.5 Å². The van der Waals surface area contributed by atoms with Gasteiger partial charge >= 0.3 is 6.09 Å². The number of para-hydroxylation sites is 1. The van der Waals surface area contributed by atoms with Crippen molar-refractivity contribution in [3.8, 4) is 0 Å². The van der Waals surface area contributed by atoms with E-state index in [4.69, 9.17) is 4.74 Å². The molecule has 1 aromatic heterocycles. The van der Waals surface area contributed by atoms with Gasteiger partial charge in [-0.15, -0.1) is 0 Å². The molecule has 3 aromatic rings. The van der Waals surface area contributed by atoms with Gasteiger partial charge in [-0.1, -0.05) is 48.5 Å². The molecule has 0 aliphatic carbocycles. The molecule has 2 aromatic carbocycles. The van der Waals surface area contributed by atoms with Crippen LogP contribution in [0.3, 0.4) is 0 Å². The highest BCUT2D eigenvalue weighted by Gasteiger charge is 2.35. The molecule has 0 bridgehead atoms. The molecule has 1 aliphatic heterocycles. The van der Waals surface area contributed by atoms with Crippen LogP contribution < -0.4 is 5.32 Å². The van der Waals surface area contributed by atoms with Crippen molar-refractivity contribution in [2.24, 2.45) is 0 Å². The molecule has 0 saturated carbocycles. The van der Waals surface area contributed by atoms with Crippen LogP contribution in [0.15, 0.2) is 54.6 Å². The Labute approximate surface area is 165 Å². The number of aromatic amines is 1. The van der Waals surface area contributed by atoms with Crippen molar-refractivity contribution in [3.63, 3.8) is 0 Å². The number of nitrogens with zero attached hydrogens (tertiary/aromatic N) is 1. The molecule has 28 heavy (non-hydrogen) atoms. The Hall–Kier alpha value is -2.79. The molecule has 1 amide bonds. The maximum absolute atomic E-state index is 12.1. The average Bonchev–Trinajstić information content (AvgIpc) is 3.07. The maximum Gasteiger partial charge on any atom is 0.407 e. The number of fused-ring (bicyclic) bond motifs is 3. The van der Waals surface area contributed by atoms with Crippen molar-refractivity contribution < 1.29 is 9.53 Å². The number of carbonyl (C=O) groups is 1. The Balaban J connectivity index is 1.69. The van der Waals surface area contributed by atoms with Crippen LogP contribution in [0.2, 0.25) is 0 Å². The Morgan fingerprint density at radius 1 is 1.21 bits per heavy atom. The van der Waals surface area contributed by atoms with Gasteiger partial charge in [-0.25, -0.2) is 4.79 Å². The summed E-state index contributed by atoms with van der Waals surface area (Å²) >= 11 is 0. The molecule has 0 spiro atoms. The van der Waals surface area contributed by atoms with Gasteiger partial charge in [-0.2, -0.15) is 0 Å². The van der Waals surface area contributed by atoms with Gasteiger partial charge in [-0.3, -0.25) is 4.90 Å². The first-order valence-electron chi connectivity index (χ1n) is 9.98. The lowest BCUT2D eigenvalue weighted by atomic mass is 9.92. The van der Waals surface area contributed by atoms with Gasteiger partial charge in [0.25, 0.3) is 0 Å². The molecule has 4 rings (SSSR count). The molecule has 2 unspecified atom stereocenters. The highest BCUT2D eigenvalue weighted by Crippen LogP contribution is 2.37. The second kappa shape index (κ2) is 8.07.